The minimum Gasteiger partial charge on any atom is -0.326 e. The molecule has 2 N–H and O–H groups in total. The Bertz CT molecular complexity index is 655. The molecule has 1 amide bonds. The Morgan fingerprint density at radius 1 is 1.42 bits per heavy atom. The van der Waals surface area contributed by atoms with Gasteiger partial charge in [-0.2, -0.15) is 0 Å². The highest BCUT2D eigenvalue weighted by molar-refractivity contribution is 5.91. The van der Waals surface area contributed by atoms with Gasteiger partial charge in [0.05, 0.1) is 0 Å². The first kappa shape index (κ1) is 20.4. The van der Waals surface area contributed by atoms with Gasteiger partial charge < -0.3 is 15.2 Å². The molecule has 1 saturated heterocycles. The van der Waals surface area contributed by atoms with E-state index in [0.29, 0.717) is 12.5 Å². The van der Waals surface area contributed by atoms with Crippen LogP contribution in [-0.4, -0.2) is 33.3 Å². The van der Waals surface area contributed by atoms with Gasteiger partial charge in [0.1, 0.15) is 6.33 Å². The third-order valence-electron chi connectivity index (χ3n) is 3.95. The van der Waals surface area contributed by atoms with Gasteiger partial charge in [-0.15, -0.1) is 35.0 Å². The SMILES string of the molecule is CCn1cnnc1-c1cccc(NC(=O)CC2CCCN2)c1.Cl.Cl. The van der Waals surface area contributed by atoms with E-state index in [9.17, 15) is 4.79 Å². The zero-order valence-corrected chi connectivity index (χ0v) is 15.2. The number of halogens is 2. The molecule has 1 aromatic carbocycles. The Balaban J connectivity index is 0.00000144. The maximum absolute atomic E-state index is 12.1. The third kappa shape index (κ3) is 4.93. The highest BCUT2D eigenvalue weighted by atomic mass is 35.5. The van der Waals surface area contributed by atoms with E-state index in [-0.39, 0.29) is 30.7 Å². The normalized spacial score (nSPS) is 16.1. The van der Waals surface area contributed by atoms with Gasteiger partial charge in [0.15, 0.2) is 5.82 Å². The topological polar surface area (TPSA) is 71.8 Å². The maximum atomic E-state index is 12.1. The summed E-state index contributed by atoms with van der Waals surface area (Å²) in [4.78, 5) is 12.1. The molecule has 1 fully saturated rings. The van der Waals surface area contributed by atoms with Crippen molar-refractivity contribution < 1.29 is 4.79 Å². The number of amides is 1. The lowest BCUT2D eigenvalue weighted by atomic mass is 10.1. The highest BCUT2D eigenvalue weighted by Gasteiger charge is 2.17. The van der Waals surface area contributed by atoms with Crippen LogP contribution in [0.5, 0.6) is 0 Å². The predicted molar refractivity (Wildman–Crippen MR) is 99.9 cm³/mol. The van der Waals surface area contributed by atoms with Gasteiger partial charge in [0.25, 0.3) is 0 Å². The minimum atomic E-state index is 0. The van der Waals surface area contributed by atoms with Crippen LogP contribution in [-0.2, 0) is 11.3 Å². The summed E-state index contributed by atoms with van der Waals surface area (Å²) in [6.07, 6.45) is 4.47. The van der Waals surface area contributed by atoms with Crippen LogP contribution in [0.15, 0.2) is 30.6 Å². The number of carbonyl (C=O) groups is 1. The van der Waals surface area contributed by atoms with Crippen molar-refractivity contribution in [1.82, 2.24) is 20.1 Å². The fraction of sp³-hybridized carbons (Fsp3) is 0.438. The quantitative estimate of drug-likeness (QED) is 0.847. The lowest BCUT2D eigenvalue weighted by molar-refractivity contribution is -0.116. The van der Waals surface area contributed by atoms with Gasteiger partial charge in [-0.05, 0) is 38.4 Å². The van der Waals surface area contributed by atoms with Crippen molar-refractivity contribution in [3.05, 3.63) is 30.6 Å². The molecule has 0 spiro atoms. The minimum absolute atomic E-state index is 0. The molecule has 132 valence electrons. The molecule has 6 nitrogen and oxygen atoms in total. The van der Waals surface area contributed by atoms with E-state index in [0.717, 1.165) is 43.0 Å². The maximum Gasteiger partial charge on any atom is 0.225 e. The number of aromatic nitrogens is 3. The van der Waals surface area contributed by atoms with E-state index >= 15 is 0 Å². The van der Waals surface area contributed by atoms with Crippen molar-refractivity contribution >= 4 is 36.4 Å². The molecule has 1 unspecified atom stereocenters. The van der Waals surface area contributed by atoms with E-state index in [2.05, 4.69) is 20.8 Å². The van der Waals surface area contributed by atoms with Crippen LogP contribution >= 0.6 is 24.8 Å². The second kappa shape index (κ2) is 9.61. The number of anilines is 1. The van der Waals surface area contributed by atoms with Crippen LogP contribution in [0, 0.1) is 0 Å². The standard InChI is InChI=1S/C16H21N5O.2ClH/c1-2-21-11-18-20-16(21)12-5-3-6-14(9-12)19-15(22)10-13-7-4-8-17-13;;/h3,5-6,9,11,13,17H,2,4,7-8,10H2,1H3,(H,19,22);2*1H. The number of nitrogens with one attached hydrogen (secondary N) is 2. The van der Waals surface area contributed by atoms with Crippen LogP contribution in [0.3, 0.4) is 0 Å². The van der Waals surface area contributed by atoms with Crippen LogP contribution in [0.25, 0.3) is 11.4 Å². The Morgan fingerprint density at radius 3 is 2.96 bits per heavy atom. The molecule has 1 aliphatic heterocycles. The summed E-state index contributed by atoms with van der Waals surface area (Å²) in [7, 11) is 0. The number of nitrogens with zero attached hydrogens (tertiary/aromatic N) is 3. The number of hydrogen-bond donors (Lipinski definition) is 2. The molecule has 0 saturated carbocycles. The van der Waals surface area contributed by atoms with Gasteiger partial charge >= 0.3 is 0 Å². The van der Waals surface area contributed by atoms with Gasteiger partial charge in [0, 0.05) is 30.3 Å². The molecule has 0 radical (unpaired) electrons. The van der Waals surface area contributed by atoms with Gasteiger partial charge in [-0.3, -0.25) is 4.79 Å². The van der Waals surface area contributed by atoms with Crippen LogP contribution in [0.2, 0.25) is 0 Å². The van der Waals surface area contributed by atoms with Crippen LogP contribution < -0.4 is 10.6 Å². The summed E-state index contributed by atoms with van der Waals surface area (Å²) in [5.74, 6) is 0.865. The predicted octanol–water partition coefficient (Wildman–Crippen LogP) is 2.89. The number of hydrogen-bond acceptors (Lipinski definition) is 4. The zero-order valence-electron chi connectivity index (χ0n) is 13.6. The molecule has 3 rings (SSSR count). The van der Waals surface area contributed by atoms with Crippen LogP contribution in [0.1, 0.15) is 26.2 Å². The highest BCUT2D eigenvalue weighted by Crippen LogP contribution is 2.21. The average Bonchev–Trinajstić information content (AvgIpc) is 3.18. The molecule has 24 heavy (non-hydrogen) atoms. The number of carbonyl (C=O) groups excluding carboxylic acids is 1. The Morgan fingerprint density at radius 2 is 2.25 bits per heavy atom. The Kier molecular flexibility index (Phi) is 8.18. The summed E-state index contributed by atoms with van der Waals surface area (Å²) >= 11 is 0. The smallest absolute Gasteiger partial charge is 0.225 e. The van der Waals surface area contributed by atoms with E-state index in [1.807, 2.05) is 35.8 Å². The lowest BCUT2D eigenvalue weighted by Gasteiger charge is -2.11. The van der Waals surface area contributed by atoms with Crippen molar-refractivity contribution in [1.29, 1.82) is 0 Å². The van der Waals surface area contributed by atoms with E-state index in [4.69, 9.17) is 0 Å². The largest absolute Gasteiger partial charge is 0.326 e. The number of rotatable bonds is 5. The first-order valence-corrected chi connectivity index (χ1v) is 7.77. The summed E-state index contributed by atoms with van der Waals surface area (Å²) in [6, 6.07) is 8.05. The average molecular weight is 372 g/mol. The molecule has 1 aliphatic rings. The van der Waals surface area contributed by atoms with Gasteiger partial charge in [-0.25, -0.2) is 0 Å². The third-order valence-corrected chi connectivity index (χ3v) is 3.95. The van der Waals surface area contributed by atoms with Gasteiger partial charge in [-0.1, -0.05) is 12.1 Å². The van der Waals surface area contributed by atoms with Crippen LogP contribution in [0.4, 0.5) is 5.69 Å². The first-order valence-electron chi connectivity index (χ1n) is 7.77. The van der Waals surface area contributed by atoms with Crippen molar-refractivity contribution in [2.45, 2.75) is 38.8 Å². The Hall–Kier alpha value is -1.63. The van der Waals surface area contributed by atoms with Crippen molar-refractivity contribution in [3.63, 3.8) is 0 Å². The summed E-state index contributed by atoms with van der Waals surface area (Å²) in [5.41, 5.74) is 1.75. The Labute approximate surface area is 154 Å². The van der Waals surface area contributed by atoms with E-state index < -0.39 is 0 Å². The molecule has 8 heteroatoms. The van der Waals surface area contributed by atoms with Crippen molar-refractivity contribution in [2.24, 2.45) is 0 Å². The second-order valence-corrected chi connectivity index (χ2v) is 5.57. The monoisotopic (exact) mass is 371 g/mol. The second-order valence-electron chi connectivity index (χ2n) is 5.57. The molecule has 2 aromatic rings. The summed E-state index contributed by atoms with van der Waals surface area (Å²) in [5, 5.41) is 14.4. The lowest BCUT2D eigenvalue weighted by Crippen LogP contribution is -2.27. The van der Waals surface area contributed by atoms with Crippen molar-refractivity contribution in [2.75, 3.05) is 11.9 Å². The summed E-state index contributed by atoms with van der Waals surface area (Å²) in [6.45, 7) is 3.87. The number of benzene rings is 1. The summed E-state index contributed by atoms with van der Waals surface area (Å²) < 4.78 is 1.98. The fourth-order valence-corrected chi connectivity index (χ4v) is 2.81. The first-order chi connectivity index (χ1) is 10.8. The molecule has 0 aliphatic carbocycles. The molecule has 0 bridgehead atoms. The molecular formula is C16H23Cl2N5O. The molecule has 2 heterocycles. The molecular weight excluding hydrogens is 349 g/mol. The van der Waals surface area contributed by atoms with Gasteiger partial charge in [0.2, 0.25) is 5.91 Å². The van der Waals surface area contributed by atoms with E-state index in [1.165, 1.54) is 0 Å². The van der Waals surface area contributed by atoms with E-state index in [1.54, 1.807) is 6.33 Å². The zero-order chi connectivity index (χ0) is 15.4. The molecule has 1 aromatic heterocycles. The molecule has 1 atom stereocenters. The fourth-order valence-electron chi connectivity index (χ4n) is 2.81. The van der Waals surface area contributed by atoms with Crippen molar-refractivity contribution in [3.8, 4) is 11.4 Å². The number of aryl methyl sites for hydroxylation is 1.